The first kappa shape index (κ1) is 14.8. The third kappa shape index (κ3) is 3.10. The Hall–Kier alpha value is -0.630. The van der Waals surface area contributed by atoms with E-state index >= 15 is 0 Å². The molecule has 1 aliphatic rings. The monoisotopic (exact) mass is 348 g/mol. The Morgan fingerprint density at radius 1 is 1.47 bits per heavy atom. The Morgan fingerprint density at radius 3 is 2.79 bits per heavy atom. The van der Waals surface area contributed by atoms with E-state index in [0.29, 0.717) is 29.9 Å². The molecular formula is C12H17BrN2O3S. The van der Waals surface area contributed by atoms with Crippen LogP contribution in [0.25, 0.3) is 0 Å². The lowest BCUT2D eigenvalue weighted by atomic mass is 10.1. The first-order valence-corrected chi connectivity index (χ1v) is 8.25. The highest BCUT2D eigenvalue weighted by Gasteiger charge is 2.32. The van der Waals surface area contributed by atoms with Crippen LogP contribution >= 0.6 is 15.9 Å². The first-order valence-electron chi connectivity index (χ1n) is 6.02. The molecule has 1 saturated heterocycles. The van der Waals surface area contributed by atoms with E-state index < -0.39 is 10.0 Å². The van der Waals surface area contributed by atoms with Crippen LogP contribution in [0.5, 0.6) is 5.75 Å². The van der Waals surface area contributed by atoms with Gasteiger partial charge in [-0.1, -0.05) is 15.9 Å². The molecule has 0 amide bonds. The van der Waals surface area contributed by atoms with E-state index in [1.807, 2.05) is 0 Å². The number of rotatable bonds is 4. The van der Waals surface area contributed by atoms with Crippen molar-refractivity contribution in [1.29, 1.82) is 0 Å². The molecule has 106 valence electrons. The van der Waals surface area contributed by atoms with E-state index in [2.05, 4.69) is 15.9 Å². The molecule has 1 atom stereocenters. The normalized spacial score (nSPS) is 20.7. The van der Waals surface area contributed by atoms with Crippen molar-refractivity contribution in [3.8, 4) is 5.75 Å². The number of hydrogen-bond acceptors (Lipinski definition) is 4. The number of ether oxygens (including phenoxy) is 1. The fourth-order valence-electron chi connectivity index (χ4n) is 2.16. The summed E-state index contributed by atoms with van der Waals surface area (Å²) in [4.78, 5) is 0.247. The van der Waals surface area contributed by atoms with Gasteiger partial charge in [-0.2, -0.15) is 4.31 Å². The standard InChI is InChI=1S/C12H17BrN2O3S/c1-18-11-4-10(13)5-12(6-11)19(16,17)15-3-2-9(7-14)8-15/h4-6,9H,2-3,7-8,14H2,1H3. The molecule has 1 aliphatic heterocycles. The largest absolute Gasteiger partial charge is 0.497 e. The summed E-state index contributed by atoms with van der Waals surface area (Å²) in [7, 11) is -1.96. The number of benzene rings is 1. The minimum Gasteiger partial charge on any atom is -0.497 e. The summed E-state index contributed by atoms with van der Waals surface area (Å²) < 4.78 is 32.3. The van der Waals surface area contributed by atoms with Gasteiger partial charge in [0, 0.05) is 23.6 Å². The van der Waals surface area contributed by atoms with Crippen LogP contribution in [0.3, 0.4) is 0 Å². The number of sulfonamides is 1. The Balaban J connectivity index is 2.32. The Bertz CT molecular complexity index is 562. The van der Waals surface area contributed by atoms with Gasteiger partial charge < -0.3 is 10.5 Å². The lowest BCUT2D eigenvalue weighted by molar-refractivity contribution is 0.412. The minimum atomic E-state index is -3.47. The fourth-order valence-corrected chi connectivity index (χ4v) is 4.38. The van der Waals surface area contributed by atoms with Crippen LogP contribution in [-0.4, -0.2) is 39.5 Å². The molecule has 19 heavy (non-hydrogen) atoms. The molecule has 2 N–H and O–H groups in total. The van der Waals surface area contributed by atoms with Gasteiger partial charge in [-0.25, -0.2) is 8.42 Å². The summed E-state index contributed by atoms with van der Waals surface area (Å²) in [6.45, 7) is 1.54. The van der Waals surface area contributed by atoms with Crippen LogP contribution in [0.15, 0.2) is 27.6 Å². The van der Waals surface area contributed by atoms with Gasteiger partial charge in [0.2, 0.25) is 10.0 Å². The number of nitrogens with two attached hydrogens (primary N) is 1. The van der Waals surface area contributed by atoms with Gasteiger partial charge in [0.25, 0.3) is 0 Å². The van der Waals surface area contributed by atoms with Gasteiger partial charge in [0.15, 0.2) is 0 Å². The van der Waals surface area contributed by atoms with Crippen LogP contribution in [-0.2, 0) is 10.0 Å². The van der Waals surface area contributed by atoms with Crippen LogP contribution in [0.2, 0.25) is 0 Å². The predicted octanol–water partition coefficient (Wildman–Crippen LogP) is 1.43. The highest BCUT2D eigenvalue weighted by molar-refractivity contribution is 9.10. The van der Waals surface area contributed by atoms with E-state index in [1.54, 1.807) is 12.1 Å². The summed E-state index contributed by atoms with van der Waals surface area (Å²) in [6.07, 6.45) is 0.820. The van der Waals surface area contributed by atoms with Crippen molar-refractivity contribution >= 4 is 26.0 Å². The van der Waals surface area contributed by atoms with Crippen molar-refractivity contribution in [2.45, 2.75) is 11.3 Å². The molecule has 0 aromatic heterocycles. The highest BCUT2D eigenvalue weighted by atomic mass is 79.9. The van der Waals surface area contributed by atoms with E-state index in [0.717, 1.165) is 6.42 Å². The highest BCUT2D eigenvalue weighted by Crippen LogP contribution is 2.29. The second kappa shape index (κ2) is 5.78. The molecule has 0 radical (unpaired) electrons. The molecule has 1 aromatic carbocycles. The molecule has 0 bridgehead atoms. The van der Waals surface area contributed by atoms with Gasteiger partial charge in [0.1, 0.15) is 5.75 Å². The molecule has 0 saturated carbocycles. The van der Waals surface area contributed by atoms with Crippen molar-refractivity contribution in [1.82, 2.24) is 4.31 Å². The van der Waals surface area contributed by atoms with Crippen LogP contribution in [0, 0.1) is 5.92 Å². The molecule has 1 unspecified atom stereocenters. The first-order chi connectivity index (χ1) is 8.97. The van der Waals surface area contributed by atoms with Gasteiger partial charge >= 0.3 is 0 Å². The van der Waals surface area contributed by atoms with Crippen molar-refractivity contribution in [2.24, 2.45) is 11.7 Å². The number of nitrogens with zero attached hydrogens (tertiary/aromatic N) is 1. The maximum absolute atomic E-state index is 12.5. The molecule has 5 nitrogen and oxygen atoms in total. The second-order valence-corrected chi connectivity index (χ2v) is 7.43. The summed E-state index contributed by atoms with van der Waals surface area (Å²) in [5.41, 5.74) is 5.60. The molecule has 1 aromatic rings. The average molecular weight is 349 g/mol. The fraction of sp³-hybridized carbons (Fsp3) is 0.500. The molecule has 2 rings (SSSR count). The maximum Gasteiger partial charge on any atom is 0.243 e. The summed E-state index contributed by atoms with van der Waals surface area (Å²) in [6, 6.07) is 4.86. The van der Waals surface area contributed by atoms with Crippen LogP contribution in [0.4, 0.5) is 0 Å². The topological polar surface area (TPSA) is 72.6 Å². The minimum absolute atomic E-state index is 0.247. The van der Waals surface area contributed by atoms with Crippen molar-refractivity contribution < 1.29 is 13.2 Å². The van der Waals surface area contributed by atoms with Crippen LogP contribution < -0.4 is 10.5 Å². The number of hydrogen-bond donors (Lipinski definition) is 1. The Morgan fingerprint density at radius 2 is 2.21 bits per heavy atom. The van der Waals surface area contributed by atoms with Crippen molar-refractivity contribution in [2.75, 3.05) is 26.7 Å². The van der Waals surface area contributed by atoms with Crippen molar-refractivity contribution in [3.05, 3.63) is 22.7 Å². The van der Waals surface area contributed by atoms with Crippen LogP contribution in [0.1, 0.15) is 6.42 Å². The summed E-state index contributed by atoms with van der Waals surface area (Å²) >= 11 is 3.30. The second-order valence-electron chi connectivity index (χ2n) is 4.58. The van der Waals surface area contributed by atoms with E-state index in [9.17, 15) is 8.42 Å². The third-order valence-electron chi connectivity index (χ3n) is 3.30. The molecule has 0 aliphatic carbocycles. The Labute approximate surface area is 121 Å². The average Bonchev–Trinajstić information content (AvgIpc) is 2.87. The van der Waals surface area contributed by atoms with E-state index in [-0.39, 0.29) is 10.8 Å². The van der Waals surface area contributed by atoms with E-state index in [1.165, 1.54) is 17.5 Å². The summed E-state index contributed by atoms with van der Waals surface area (Å²) in [5, 5.41) is 0. The maximum atomic E-state index is 12.5. The summed E-state index contributed by atoms with van der Waals surface area (Å²) in [5.74, 6) is 0.770. The number of halogens is 1. The SMILES string of the molecule is COc1cc(Br)cc(S(=O)(=O)N2CCC(CN)C2)c1. The number of methoxy groups -OCH3 is 1. The van der Waals surface area contributed by atoms with E-state index in [4.69, 9.17) is 10.5 Å². The Kier molecular flexibility index (Phi) is 4.50. The lowest BCUT2D eigenvalue weighted by Crippen LogP contribution is -2.30. The third-order valence-corrected chi connectivity index (χ3v) is 5.60. The molecule has 0 spiro atoms. The van der Waals surface area contributed by atoms with Crippen molar-refractivity contribution in [3.63, 3.8) is 0 Å². The smallest absolute Gasteiger partial charge is 0.243 e. The molecule has 1 heterocycles. The van der Waals surface area contributed by atoms with Gasteiger partial charge in [-0.3, -0.25) is 0 Å². The van der Waals surface area contributed by atoms with Gasteiger partial charge in [0.05, 0.1) is 12.0 Å². The zero-order valence-electron chi connectivity index (χ0n) is 10.7. The molecule has 7 heteroatoms. The molecule has 1 fully saturated rings. The quantitative estimate of drug-likeness (QED) is 0.893. The molecular weight excluding hydrogens is 332 g/mol. The zero-order chi connectivity index (χ0) is 14.0. The predicted molar refractivity (Wildman–Crippen MR) is 76.6 cm³/mol. The van der Waals surface area contributed by atoms with Gasteiger partial charge in [-0.05, 0) is 31.0 Å². The van der Waals surface area contributed by atoms with Gasteiger partial charge in [-0.15, -0.1) is 0 Å². The lowest BCUT2D eigenvalue weighted by Gasteiger charge is -2.17. The zero-order valence-corrected chi connectivity index (χ0v) is 13.1.